The first kappa shape index (κ1) is 21.6. The van der Waals surface area contributed by atoms with E-state index in [1.165, 1.54) is 0 Å². The molecule has 6 heteroatoms. The van der Waals surface area contributed by atoms with Crippen LogP contribution in [0.25, 0.3) is 0 Å². The van der Waals surface area contributed by atoms with Gasteiger partial charge in [0.1, 0.15) is 6.04 Å². The van der Waals surface area contributed by atoms with Crippen molar-refractivity contribution in [1.82, 2.24) is 20.0 Å². The summed E-state index contributed by atoms with van der Waals surface area (Å²) in [5, 5.41) is 7.63. The zero-order valence-corrected chi connectivity index (χ0v) is 18.7. The molecular weight excluding hydrogens is 388 g/mol. The number of amides is 2. The van der Waals surface area contributed by atoms with Crippen LogP contribution in [0.5, 0.6) is 0 Å². The van der Waals surface area contributed by atoms with Crippen LogP contribution in [0.1, 0.15) is 93.2 Å². The van der Waals surface area contributed by atoms with Gasteiger partial charge in [0, 0.05) is 24.3 Å². The molecule has 0 radical (unpaired) electrons. The van der Waals surface area contributed by atoms with Crippen LogP contribution in [0.4, 0.5) is 0 Å². The molecule has 2 fully saturated rings. The number of rotatable bonds is 7. The molecule has 0 saturated heterocycles. The third-order valence-corrected chi connectivity index (χ3v) is 6.67. The van der Waals surface area contributed by atoms with Gasteiger partial charge in [-0.2, -0.15) is 5.10 Å². The predicted octanol–water partition coefficient (Wildman–Crippen LogP) is 4.65. The predicted molar refractivity (Wildman–Crippen MR) is 121 cm³/mol. The Morgan fingerprint density at radius 2 is 1.68 bits per heavy atom. The maximum Gasteiger partial charge on any atom is 0.258 e. The van der Waals surface area contributed by atoms with E-state index >= 15 is 0 Å². The molecule has 2 saturated carbocycles. The molecule has 4 rings (SSSR count). The Morgan fingerprint density at radius 1 is 1.03 bits per heavy atom. The zero-order chi connectivity index (χ0) is 21.8. The van der Waals surface area contributed by atoms with Crippen LogP contribution >= 0.6 is 0 Å². The van der Waals surface area contributed by atoms with E-state index in [0.717, 1.165) is 56.9 Å². The topological polar surface area (TPSA) is 67.2 Å². The Balaban J connectivity index is 1.70. The molecule has 166 valence electrons. The number of benzene rings is 1. The average Bonchev–Trinajstić information content (AvgIpc) is 3.54. The SMILES string of the molecule is CC(C)n1cc(C(=O)N(C2CCCC2)[C@@H](C(=O)NC2CCCC2)c2ccccc2)cn1. The number of carbonyl (C=O) groups excluding carboxylic acids is 2. The number of nitrogens with one attached hydrogen (secondary N) is 1. The van der Waals surface area contributed by atoms with Crippen LogP contribution in [-0.2, 0) is 4.79 Å². The second-order valence-electron chi connectivity index (χ2n) is 9.26. The lowest BCUT2D eigenvalue weighted by atomic mass is 9.99. The van der Waals surface area contributed by atoms with Gasteiger partial charge in [-0.15, -0.1) is 0 Å². The quantitative estimate of drug-likeness (QED) is 0.706. The minimum absolute atomic E-state index is 0.0606. The Kier molecular flexibility index (Phi) is 6.73. The molecule has 1 heterocycles. The van der Waals surface area contributed by atoms with E-state index in [4.69, 9.17) is 0 Å². The molecule has 2 aromatic rings. The number of hydrogen-bond acceptors (Lipinski definition) is 3. The van der Waals surface area contributed by atoms with Gasteiger partial charge in [0.25, 0.3) is 5.91 Å². The van der Waals surface area contributed by atoms with E-state index in [2.05, 4.69) is 10.4 Å². The lowest BCUT2D eigenvalue weighted by Gasteiger charge is -2.36. The van der Waals surface area contributed by atoms with E-state index in [1.807, 2.05) is 55.3 Å². The molecule has 1 aromatic carbocycles. The van der Waals surface area contributed by atoms with Gasteiger partial charge < -0.3 is 10.2 Å². The van der Waals surface area contributed by atoms with Crippen LogP contribution in [0.15, 0.2) is 42.7 Å². The largest absolute Gasteiger partial charge is 0.351 e. The van der Waals surface area contributed by atoms with E-state index in [9.17, 15) is 9.59 Å². The summed E-state index contributed by atoms with van der Waals surface area (Å²) in [7, 11) is 0. The third kappa shape index (κ3) is 4.83. The maximum atomic E-state index is 13.8. The van der Waals surface area contributed by atoms with Crippen LogP contribution in [0.3, 0.4) is 0 Å². The molecule has 2 aliphatic rings. The molecule has 0 spiro atoms. The van der Waals surface area contributed by atoms with Gasteiger partial charge in [0.05, 0.1) is 11.8 Å². The highest BCUT2D eigenvalue weighted by Gasteiger charge is 2.39. The molecule has 1 N–H and O–H groups in total. The maximum absolute atomic E-state index is 13.8. The minimum Gasteiger partial charge on any atom is -0.351 e. The van der Waals surface area contributed by atoms with E-state index in [1.54, 1.807) is 10.9 Å². The Bertz CT molecular complexity index is 880. The van der Waals surface area contributed by atoms with E-state index in [0.29, 0.717) is 5.56 Å². The smallest absolute Gasteiger partial charge is 0.258 e. The van der Waals surface area contributed by atoms with Gasteiger partial charge in [-0.1, -0.05) is 56.0 Å². The van der Waals surface area contributed by atoms with Crippen molar-refractivity contribution in [3.05, 3.63) is 53.9 Å². The van der Waals surface area contributed by atoms with E-state index < -0.39 is 6.04 Å². The van der Waals surface area contributed by atoms with Crippen molar-refractivity contribution in [2.45, 2.75) is 89.4 Å². The molecule has 2 amide bonds. The standard InChI is InChI=1S/C25H34N4O2/c1-18(2)28-17-20(16-26-28)25(31)29(22-14-8-9-15-22)23(19-10-4-3-5-11-19)24(30)27-21-12-6-7-13-21/h3-5,10-11,16-18,21-23H,6-9,12-15H2,1-2H3,(H,27,30)/t23-/m1/s1. The summed E-state index contributed by atoms with van der Waals surface area (Å²) in [5.41, 5.74) is 1.42. The summed E-state index contributed by atoms with van der Waals surface area (Å²) in [4.78, 5) is 29.3. The van der Waals surface area contributed by atoms with Crippen molar-refractivity contribution in [2.24, 2.45) is 0 Å². The molecule has 0 unspecified atom stereocenters. The van der Waals surface area contributed by atoms with Crippen LogP contribution < -0.4 is 5.32 Å². The first-order chi connectivity index (χ1) is 15.0. The van der Waals surface area contributed by atoms with Gasteiger partial charge >= 0.3 is 0 Å². The summed E-state index contributed by atoms with van der Waals surface area (Å²) in [6, 6.07) is 9.59. The highest BCUT2D eigenvalue weighted by molar-refractivity contribution is 5.98. The lowest BCUT2D eigenvalue weighted by molar-refractivity contribution is -0.127. The normalized spacial score (nSPS) is 18.4. The van der Waals surface area contributed by atoms with Crippen molar-refractivity contribution in [2.75, 3.05) is 0 Å². The van der Waals surface area contributed by atoms with Gasteiger partial charge in [-0.05, 0) is 45.1 Å². The van der Waals surface area contributed by atoms with Gasteiger partial charge in [-0.3, -0.25) is 14.3 Å². The summed E-state index contributed by atoms with van der Waals surface area (Å²) in [6.07, 6.45) is 11.8. The van der Waals surface area contributed by atoms with E-state index in [-0.39, 0.29) is 29.9 Å². The van der Waals surface area contributed by atoms with Crippen molar-refractivity contribution in [1.29, 1.82) is 0 Å². The fourth-order valence-corrected chi connectivity index (χ4v) is 4.98. The fourth-order valence-electron chi connectivity index (χ4n) is 4.98. The monoisotopic (exact) mass is 422 g/mol. The van der Waals surface area contributed by atoms with Crippen molar-refractivity contribution < 1.29 is 9.59 Å². The molecule has 0 aliphatic heterocycles. The summed E-state index contributed by atoms with van der Waals surface area (Å²) in [6.45, 7) is 4.08. The molecule has 1 atom stereocenters. The highest BCUT2D eigenvalue weighted by atomic mass is 16.2. The number of carbonyl (C=O) groups is 2. The second-order valence-corrected chi connectivity index (χ2v) is 9.26. The highest BCUT2D eigenvalue weighted by Crippen LogP contribution is 2.33. The summed E-state index contributed by atoms with van der Waals surface area (Å²) >= 11 is 0. The average molecular weight is 423 g/mol. The second kappa shape index (κ2) is 9.67. The minimum atomic E-state index is -0.625. The van der Waals surface area contributed by atoms with Crippen LogP contribution in [0.2, 0.25) is 0 Å². The fraction of sp³-hybridized carbons (Fsp3) is 0.560. The van der Waals surface area contributed by atoms with Gasteiger partial charge in [0.15, 0.2) is 0 Å². The third-order valence-electron chi connectivity index (χ3n) is 6.67. The van der Waals surface area contributed by atoms with Gasteiger partial charge in [0.2, 0.25) is 5.91 Å². The van der Waals surface area contributed by atoms with Crippen molar-refractivity contribution in [3.8, 4) is 0 Å². The lowest BCUT2D eigenvalue weighted by Crippen LogP contribution is -2.49. The first-order valence-corrected chi connectivity index (χ1v) is 11.8. The number of hydrogen-bond donors (Lipinski definition) is 1. The Hall–Kier alpha value is -2.63. The van der Waals surface area contributed by atoms with Crippen molar-refractivity contribution in [3.63, 3.8) is 0 Å². The molecule has 31 heavy (non-hydrogen) atoms. The van der Waals surface area contributed by atoms with Gasteiger partial charge in [-0.25, -0.2) is 0 Å². The first-order valence-electron chi connectivity index (χ1n) is 11.8. The molecular formula is C25H34N4O2. The van der Waals surface area contributed by atoms with Crippen LogP contribution in [0, 0.1) is 0 Å². The number of aromatic nitrogens is 2. The zero-order valence-electron chi connectivity index (χ0n) is 18.7. The molecule has 6 nitrogen and oxygen atoms in total. The Labute approximate surface area is 185 Å². The molecule has 0 bridgehead atoms. The van der Waals surface area contributed by atoms with Crippen LogP contribution in [-0.4, -0.2) is 38.6 Å². The van der Waals surface area contributed by atoms with Crippen molar-refractivity contribution >= 4 is 11.8 Å². The number of nitrogens with zero attached hydrogens (tertiary/aromatic N) is 3. The molecule has 2 aliphatic carbocycles. The summed E-state index contributed by atoms with van der Waals surface area (Å²) in [5.74, 6) is -0.163. The summed E-state index contributed by atoms with van der Waals surface area (Å²) < 4.78 is 1.80. The molecule has 1 aromatic heterocycles. The Morgan fingerprint density at radius 3 is 2.29 bits per heavy atom.